The number of aryl methyl sites for hydroxylation is 2. The summed E-state index contributed by atoms with van der Waals surface area (Å²) in [5.74, 6) is 1.10. The molecule has 0 radical (unpaired) electrons. The van der Waals surface area contributed by atoms with Crippen LogP contribution in [0.4, 0.5) is 5.82 Å². The Labute approximate surface area is 114 Å². The van der Waals surface area contributed by atoms with Crippen LogP contribution in [0.2, 0.25) is 0 Å². The second-order valence-electron chi connectivity index (χ2n) is 4.53. The molecular weight excluding hydrogens is 287 g/mol. The third-order valence-electron chi connectivity index (χ3n) is 3.13. The molecule has 1 aliphatic heterocycles. The first kappa shape index (κ1) is 11.8. The summed E-state index contributed by atoms with van der Waals surface area (Å²) in [5, 5.41) is 3.39. The minimum absolute atomic E-state index is 0.366. The van der Waals surface area contributed by atoms with Crippen LogP contribution in [0.5, 0.6) is 0 Å². The fraction of sp³-hybridized carbons (Fsp3) is 0.267. The first-order chi connectivity index (χ1) is 8.83. The molecule has 0 fully saturated rings. The van der Waals surface area contributed by atoms with Gasteiger partial charge in [-0.15, -0.1) is 0 Å². The SMILES string of the molecule is Cc1nc2c(cc1[Se]c1ccccc1)CCCN2. The van der Waals surface area contributed by atoms with E-state index in [2.05, 4.69) is 48.6 Å². The molecule has 0 saturated heterocycles. The van der Waals surface area contributed by atoms with Crippen molar-refractivity contribution in [1.29, 1.82) is 0 Å². The van der Waals surface area contributed by atoms with Gasteiger partial charge in [0.1, 0.15) is 0 Å². The first-order valence-electron chi connectivity index (χ1n) is 6.30. The molecule has 0 saturated carbocycles. The molecule has 0 unspecified atom stereocenters. The van der Waals surface area contributed by atoms with Gasteiger partial charge in [-0.2, -0.15) is 0 Å². The molecule has 2 aromatic rings. The van der Waals surface area contributed by atoms with Crippen molar-refractivity contribution in [3.05, 3.63) is 47.7 Å². The summed E-state index contributed by atoms with van der Waals surface area (Å²) < 4.78 is 2.83. The zero-order valence-corrected chi connectivity index (χ0v) is 12.2. The van der Waals surface area contributed by atoms with Crippen molar-refractivity contribution in [3.63, 3.8) is 0 Å². The summed E-state index contributed by atoms with van der Waals surface area (Å²) in [6, 6.07) is 13.1. The summed E-state index contributed by atoms with van der Waals surface area (Å²) in [6.07, 6.45) is 2.38. The Morgan fingerprint density at radius 3 is 2.89 bits per heavy atom. The van der Waals surface area contributed by atoms with Crippen LogP contribution in [0.15, 0.2) is 36.4 Å². The molecule has 2 nitrogen and oxygen atoms in total. The maximum atomic E-state index is 4.71. The average molecular weight is 303 g/mol. The Kier molecular flexibility index (Phi) is 3.35. The van der Waals surface area contributed by atoms with Gasteiger partial charge in [0.2, 0.25) is 0 Å². The van der Waals surface area contributed by atoms with Crippen LogP contribution in [-0.4, -0.2) is 26.5 Å². The number of benzene rings is 1. The van der Waals surface area contributed by atoms with E-state index in [4.69, 9.17) is 4.98 Å². The molecule has 0 aliphatic carbocycles. The number of anilines is 1. The molecule has 2 heterocycles. The van der Waals surface area contributed by atoms with Crippen molar-refractivity contribution in [2.75, 3.05) is 11.9 Å². The quantitative estimate of drug-likeness (QED) is 0.849. The molecule has 0 spiro atoms. The molecular formula is C15H16N2Se. The average Bonchev–Trinajstić information content (AvgIpc) is 2.41. The number of nitrogens with zero attached hydrogens (tertiary/aromatic N) is 1. The fourth-order valence-electron chi connectivity index (χ4n) is 2.17. The van der Waals surface area contributed by atoms with Gasteiger partial charge in [0.15, 0.2) is 0 Å². The molecule has 92 valence electrons. The van der Waals surface area contributed by atoms with Gasteiger partial charge in [0.05, 0.1) is 0 Å². The van der Waals surface area contributed by atoms with E-state index >= 15 is 0 Å². The van der Waals surface area contributed by atoms with Crippen molar-refractivity contribution in [2.24, 2.45) is 0 Å². The van der Waals surface area contributed by atoms with Crippen LogP contribution >= 0.6 is 0 Å². The number of nitrogens with one attached hydrogen (secondary N) is 1. The first-order valence-corrected chi connectivity index (χ1v) is 8.01. The van der Waals surface area contributed by atoms with Crippen molar-refractivity contribution in [3.8, 4) is 0 Å². The van der Waals surface area contributed by atoms with Gasteiger partial charge >= 0.3 is 114 Å². The van der Waals surface area contributed by atoms with E-state index < -0.39 is 0 Å². The predicted molar refractivity (Wildman–Crippen MR) is 77.2 cm³/mol. The molecule has 3 rings (SSSR count). The zero-order valence-electron chi connectivity index (χ0n) is 10.4. The van der Waals surface area contributed by atoms with Gasteiger partial charge in [-0.25, -0.2) is 0 Å². The summed E-state index contributed by atoms with van der Waals surface area (Å²) in [4.78, 5) is 4.71. The second kappa shape index (κ2) is 5.13. The number of hydrogen-bond acceptors (Lipinski definition) is 2. The standard InChI is InChI=1S/C15H16N2Se/c1-11-14(18-13-7-3-2-4-8-13)10-12-6-5-9-16-15(12)17-11/h2-4,7-8,10H,5-6,9H2,1H3,(H,16,17). The monoisotopic (exact) mass is 304 g/mol. The van der Waals surface area contributed by atoms with Crippen molar-refractivity contribution in [1.82, 2.24) is 4.98 Å². The number of pyridine rings is 1. The molecule has 1 N–H and O–H groups in total. The Morgan fingerprint density at radius 1 is 1.22 bits per heavy atom. The predicted octanol–water partition coefficient (Wildman–Crippen LogP) is 1.40. The van der Waals surface area contributed by atoms with E-state index in [1.807, 2.05) is 0 Å². The molecule has 0 atom stereocenters. The molecule has 0 bridgehead atoms. The fourth-order valence-corrected chi connectivity index (χ4v) is 4.15. The summed E-state index contributed by atoms with van der Waals surface area (Å²) in [5.41, 5.74) is 2.56. The van der Waals surface area contributed by atoms with E-state index in [1.54, 1.807) is 0 Å². The molecule has 18 heavy (non-hydrogen) atoms. The van der Waals surface area contributed by atoms with E-state index in [9.17, 15) is 0 Å². The maximum absolute atomic E-state index is 4.71. The summed E-state index contributed by atoms with van der Waals surface area (Å²) >= 11 is 0.366. The summed E-state index contributed by atoms with van der Waals surface area (Å²) in [7, 11) is 0. The van der Waals surface area contributed by atoms with Gasteiger partial charge in [-0.05, 0) is 0 Å². The van der Waals surface area contributed by atoms with Gasteiger partial charge < -0.3 is 0 Å². The Hall–Kier alpha value is -1.31. The van der Waals surface area contributed by atoms with Crippen molar-refractivity contribution < 1.29 is 0 Å². The molecule has 1 aliphatic rings. The normalized spacial score (nSPS) is 13.8. The van der Waals surface area contributed by atoms with Gasteiger partial charge in [-0.1, -0.05) is 0 Å². The van der Waals surface area contributed by atoms with E-state index in [1.165, 1.54) is 26.6 Å². The van der Waals surface area contributed by atoms with Crippen LogP contribution in [0, 0.1) is 6.92 Å². The topological polar surface area (TPSA) is 24.9 Å². The van der Waals surface area contributed by atoms with Crippen LogP contribution in [0.1, 0.15) is 17.7 Å². The van der Waals surface area contributed by atoms with Gasteiger partial charge in [0.25, 0.3) is 0 Å². The molecule has 0 amide bonds. The zero-order chi connectivity index (χ0) is 12.4. The summed E-state index contributed by atoms with van der Waals surface area (Å²) in [6.45, 7) is 3.18. The molecule has 3 heteroatoms. The van der Waals surface area contributed by atoms with Crippen LogP contribution < -0.4 is 14.2 Å². The Morgan fingerprint density at radius 2 is 2.06 bits per heavy atom. The Bertz CT molecular complexity index is 552. The van der Waals surface area contributed by atoms with E-state index in [0.29, 0.717) is 15.0 Å². The molecule has 1 aromatic carbocycles. The minimum atomic E-state index is 0.366. The van der Waals surface area contributed by atoms with Crippen molar-refractivity contribution >= 4 is 29.7 Å². The van der Waals surface area contributed by atoms with Crippen LogP contribution in [-0.2, 0) is 6.42 Å². The number of fused-ring (bicyclic) bond motifs is 1. The van der Waals surface area contributed by atoms with Gasteiger partial charge in [0, 0.05) is 0 Å². The number of hydrogen-bond donors (Lipinski definition) is 1. The number of aromatic nitrogens is 1. The van der Waals surface area contributed by atoms with E-state index in [-0.39, 0.29) is 0 Å². The van der Waals surface area contributed by atoms with E-state index in [0.717, 1.165) is 18.8 Å². The van der Waals surface area contributed by atoms with Crippen LogP contribution in [0.3, 0.4) is 0 Å². The van der Waals surface area contributed by atoms with Gasteiger partial charge in [-0.3, -0.25) is 0 Å². The van der Waals surface area contributed by atoms with Crippen LogP contribution in [0.25, 0.3) is 0 Å². The number of rotatable bonds is 2. The third-order valence-corrected chi connectivity index (χ3v) is 5.53. The third kappa shape index (κ3) is 2.43. The van der Waals surface area contributed by atoms with Crippen molar-refractivity contribution in [2.45, 2.75) is 19.8 Å². The Balaban J connectivity index is 1.92. The second-order valence-corrected chi connectivity index (χ2v) is 6.87. The molecule has 1 aromatic heterocycles.